The second-order valence-corrected chi connectivity index (χ2v) is 10.2. The van der Waals surface area contributed by atoms with Gasteiger partial charge in [-0.1, -0.05) is 54.7 Å². The molecule has 0 aliphatic heterocycles. The minimum absolute atomic E-state index is 0.00483. The molecule has 3 aromatic carbocycles. The maximum atomic E-state index is 13.4. The van der Waals surface area contributed by atoms with Gasteiger partial charge in [0, 0.05) is 10.7 Å². The first-order valence-corrected chi connectivity index (χ1v) is 13.0. The lowest BCUT2D eigenvalue weighted by Crippen LogP contribution is -2.38. The smallest absolute Gasteiger partial charge is 0.338 e. The molecule has 0 atom stereocenters. The average molecular weight is 535 g/mol. The first kappa shape index (κ1) is 26.5. The minimum Gasteiger partial charge on any atom is -0.462 e. The summed E-state index contributed by atoms with van der Waals surface area (Å²) in [5, 5.41) is 3.03. The van der Waals surface area contributed by atoms with Crippen LogP contribution in [0.2, 0.25) is 10.0 Å². The third kappa shape index (κ3) is 6.97. The van der Waals surface area contributed by atoms with E-state index in [0.717, 1.165) is 17.1 Å². The largest absolute Gasteiger partial charge is 0.462 e. The van der Waals surface area contributed by atoms with E-state index < -0.39 is 28.4 Å². The molecule has 0 unspecified atom stereocenters. The van der Waals surface area contributed by atoms with Gasteiger partial charge in [-0.15, -0.1) is 0 Å². The zero-order chi connectivity index (χ0) is 25.4. The topological polar surface area (TPSA) is 92.8 Å². The summed E-state index contributed by atoms with van der Waals surface area (Å²) in [6.07, 6.45) is 1.69. The van der Waals surface area contributed by atoms with Gasteiger partial charge in [-0.2, -0.15) is 0 Å². The molecule has 184 valence electrons. The summed E-state index contributed by atoms with van der Waals surface area (Å²) >= 11 is 12.4. The van der Waals surface area contributed by atoms with Crippen LogP contribution in [-0.2, 0) is 19.6 Å². The molecule has 7 nitrogen and oxygen atoms in total. The van der Waals surface area contributed by atoms with E-state index in [1.807, 2.05) is 6.92 Å². The minimum atomic E-state index is -4.14. The molecule has 35 heavy (non-hydrogen) atoms. The Morgan fingerprint density at radius 1 is 0.971 bits per heavy atom. The summed E-state index contributed by atoms with van der Waals surface area (Å²) in [5.41, 5.74) is 0.802. The fourth-order valence-corrected chi connectivity index (χ4v) is 5.00. The molecule has 0 aliphatic carbocycles. The fraction of sp³-hybridized carbons (Fsp3) is 0.200. The number of ether oxygens (including phenoxy) is 1. The molecule has 1 amide bonds. The Kier molecular flexibility index (Phi) is 9.14. The predicted molar refractivity (Wildman–Crippen MR) is 138 cm³/mol. The molecule has 1 N–H and O–H groups in total. The van der Waals surface area contributed by atoms with Crippen molar-refractivity contribution < 1.29 is 22.7 Å². The van der Waals surface area contributed by atoms with Crippen LogP contribution in [0.25, 0.3) is 0 Å². The van der Waals surface area contributed by atoms with Crippen molar-refractivity contribution in [2.45, 2.75) is 24.7 Å². The molecule has 0 aliphatic rings. The lowest BCUT2D eigenvalue weighted by atomic mass is 10.2. The van der Waals surface area contributed by atoms with Crippen LogP contribution in [0.15, 0.2) is 77.7 Å². The number of carbonyl (C=O) groups excluding carboxylic acids is 2. The van der Waals surface area contributed by atoms with Crippen molar-refractivity contribution >= 4 is 56.5 Å². The van der Waals surface area contributed by atoms with Crippen LogP contribution in [0, 0.1) is 0 Å². The number of nitrogens with one attached hydrogen (secondary N) is 1. The van der Waals surface area contributed by atoms with Crippen LogP contribution in [0.3, 0.4) is 0 Å². The molecule has 0 fully saturated rings. The van der Waals surface area contributed by atoms with Gasteiger partial charge in [-0.3, -0.25) is 9.10 Å². The molecule has 0 radical (unpaired) electrons. The van der Waals surface area contributed by atoms with Crippen LogP contribution in [0.4, 0.5) is 11.4 Å². The number of sulfonamides is 1. The molecule has 0 saturated carbocycles. The van der Waals surface area contributed by atoms with E-state index in [0.29, 0.717) is 17.9 Å². The molecule has 0 heterocycles. The van der Waals surface area contributed by atoms with Crippen molar-refractivity contribution in [3.05, 3.63) is 88.4 Å². The summed E-state index contributed by atoms with van der Waals surface area (Å²) in [4.78, 5) is 24.9. The SMILES string of the molecule is CCCCOC(=O)c1ccc(NC(=O)CN(c2cc(Cl)ccc2Cl)S(=O)(=O)c2ccccc2)cc1. The number of hydrogen-bond acceptors (Lipinski definition) is 5. The predicted octanol–water partition coefficient (Wildman–Crippen LogP) is 5.78. The third-order valence-corrected chi connectivity index (χ3v) is 7.26. The Hall–Kier alpha value is -3.07. The van der Waals surface area contributed by atoms with Crippen molar-refractivity contribution in [3.63, 3.8) is 0 Å². The van der Waals surface area contributed by atoms with Gasteiger partial charge in [-0.05, 0) is 61.0 Å². The maximum absolute atomic E-state index is 13.4. The van der Waals surface area contributed by atoms with Crippen LogP contribution in [0.1, 0.15) is 30.1 Å². The van der Waals surface area contributed by atoms with Gasteiger partial charge in [0.2, 0.25) is 5.91 Å². The Bertz CT molecular complexity index is 1280. The number of anilines is 2. The van der Waals surface area contributed by atoms with Crippen LogP contribution in [0.5, 0.6) is 0 Å². The van der Waals surface area contributed by atoms with Gasteiger partial charge in [0.1, 0.15) is 6.54 Å². The highest BCUT2D eigenvalue weighted by Gasteiger charge is 2.29. The summed E-state index contributed by atoms with van der Waals surface area (Å²) in [7, 11) is -4.14. The molecule has 0 spiro atoms. The highest BCUT2D eigenvalue weighted by molar-refractivity contribution is 7.92. The number of halogens is 2. The second-order valence-electron chi connectivity index (χ2n) is 7.54. The zero-order valence-electron chi connectivity index (χ0n) is 18.9. The molecule has 10 heteroatoms. The van der Waals surface area contributed by atoms with Crippen LogP contribution >= 0.6 is 23.2 Å². The Morgan fingerprint density at radius 2 is 1.66 bits per heavy atom. The zero-order valence-corrected chi connectivity index (χ0v) is 21.2. The Balaban J connectivity index is 1.81. The van der Waals surface area contributed by atoms with E-state index in [9.17, 15) is 18.0 Å². The Morgan fingerprint density at radius 3 is 2.31 bits per heavy atom. The van der Waals surface area contributed by atoms with Crippen molar-refractivity contribution in [3.8, 4) is 0 Å². The normalized spacial score (nSPS) is 11.1. The standard InChI is InChI=1S/C25H24Cl2N2O5S/c1-2-3-15-34-25(31)18-9-12-20(13-10-18)28-24(30)17-29(23-16-19(26)11-14-22(23)27)35(32,33)21-7-5-4-6-8-21/h4-14,16H,2-3,15,17H2,1H3,(H,28,30). The van der Waals surface area contributed by atoms with Gasteiger partial charge in [0.25, 0.3) is 10.0 Å². The van der Waals surface area contributed by atoms with Crippen molar-refractivity contribution in [1.82, 2.24) is 0 Å². The van der Waals surface area contributed by atoms with Crippen molar-refractivity contribution in [1.29, 1.82) is 0 Å². The number of esters is 1. The van der Waals surface area contributed by atoms with Gasteiger partial charge in [0.15, 0.2) is 0 Å². The molecule has 3 rings (SSSR count). The molecule has 0 bridgehead atoms. The average Bonchev–Trinajstić information content (AvgIpc) is 2.85. The number of hydrogen-bond donors (Lipinski definition) is 1. The van der Waals surface area contributed by atoms with Gasteiger partial charge in [0.05, 0.1) is 27.8 Å². The van der Waals surface area contributed by atoms with Gasteiger partial charge >= 0.3 is 5.97 Å². The van der Waals surface area contributed by atoms with Crippen molar-refractivity contribution in [2.24, 2.45) is 0 Å². The summed E-state index contributed by atoms with van der Waals surface area (Å²) in [5.74, 6) is -1.06. The molecular formula is C25H24Cl2N2O5S. The Labute approximate surface area is 214 Å². The lowest BCUT2D eigenvalue weighted by Gasteiger charge is -2.25. The van der Waals surface area contributed by atoms with Crippen LogP contribution in [-0.4, -0.2) is 33.4 Å². The lowest BCUT2D eigenvalue weighted by molar-refractivity contribution is -0.114. The monoisotopic (exact) mass is 534 g/mol. The third-order valence-electron chi connectivity index (χ3n) is 4.93. The summed E-state index contributed by atoms with van der Waals surface area (Å²) in [6, 6.07) is 18.2. The number of benzene rings is 3. The van der Waals surface area contributed by atoms with E-state index in [-0.39, 0.29) is 20.6 Å². The summed E-state index contributed by atoms with van der Waals surface area (Å²) in [6.45, 7) is 1.78. The first-order valence-electron chi connectivity index (χ1n) is 10.8. The number of rotatable bonds is 10. The van der Waals surface area contributed by atoms with E-state index in [1.165, 1.54) is 54.6 Å². The highest BCUT2D eigenvalue weighted by atomic mass is 35.5. The number of carbonyl (C=O) groups is 2. The molecule has 0 aromatic heterocycles. The van der Waals surface area contributed by atoms with E-state index in [1.54, 1.807) is 18.2 Å². The fourth-order valence-electron chi connectivity index (χ4n) is 3.11. The molecule has 3 aromatic rings. The first-order chi connectivity index (χ1) is 16.7. The van der Waals surface area contributed by atoms with Crippen molar-refractivity contribution in [2.75, 3.05) is 22.8 Å². The summed E-state index contributed by atoms with van der Waals surface area (Å²) < 4.78 is 32.9. The number of unbranched alkanes of at least 4 members (excludes halogenated alkanes) is 1. The molecular weight excluding hydrogens is 511 g/mol. The highest BCUT2D eigenvalue weighted by Crippen LogP contribution is 2.33. The van der Waals surface area contributed by atoms with E-state index >= 15 is 0 Å². The molecule has 0 saturated heterocycles. The maximum Gasteiger partial charge on any atom is 0.338 e. The van der Waals surface area contributed by atoms with E-state index in [4.69, 9.17) is 27.9 Å². The van der Waals surface area contributed by atoms with Gasteiger partial charge in [-0.25, -0.2) is 13.2 Å². The van der Waals surface area contributed by atoms with E-state index in [2.05, 4.69) is 5.32 Å². The second kappa shape index (κ2) is 12.1. The van der Waals surface area contributed by atoms with Gasteiger partial charge < -0.3 is 10.1 Å². The van der Waals surface area contributed by atoms with Crippen LogP contribution < -0.4 is 9.62 Å². The number of nitrogens with zero attached hydrogens (tertiary/aromatic N) is 1. The quantitative estimate of drug-likeness (QED) is 0.262. The number of amides is 1.